The Kier molecular flexibility index (Phi) is 22.3. The van der Waals surface area contributed by atoms with E-state index in [1.807, 2.05) is 11.8 Å². The molecule has 1 unspecified atom stereocenters. The molecule has 24 heteroatoms. The van der Waals surface area contributed by atoms with Crippen LogP contribution < -0.4 is 59.5 Å². The predicted octanol–water partition coefficient (Wildman–Crippen LogP) is -2.45. The Morgan fingerprint density at radius 1 is 0.754 bits per heavy atom. The van der Waals surface area contributed by atoms with Crippen molar-refractivity contribution in [3.63, 3.8) is 0 Å². The predicted molar refractivity (Wildman–Crippen MR) is 235 cm³/mol. The number of fused-ring (bicyclic) bond motifs is 1. The Morgan fingerprint density at radius 2 is 1.45 bits per heavy atom. The van der Waals surface area contributed by atoms with E-state index in [0.717, 1.165) is 18.6 Å². The molecular formula is C41H63N11O12S. The SMILES string of the molecule is CC(C)CC(CC(=O)NO)C(=O)N[C@@H](Cc1ccc(O)cc1)C(=O)N[C@@H](CC(N)=O)C(=O)NCC(=O)NCC(=O)N[C@@H](CCCCNC(=O)CCCC[C@@H]1SC[C@@H]2NC(=O)N[C@@H]21)C(N)=O. The Labute approximate surface area is 380 Å². The number of carbonyl (C=O) groups is 10. The molecular weight excluding hydrogens is 871 g/mol. The van der Waals surface area contributed by atoms with Crippen LogP contribution in [0.2, 0.25) is 0 Å². The van der Waals surface area contributed by atoms with Crippen molar-refractivity contribution in [3.8, 4) is 5.75 Å². The standard InChI is InChI=1S/C41H63N11O12S/c1-22(2)15-24(17-33(56)52-64)38(60)48-27(16-23-10-12-25(53)13-11-23)40(62)49-28(18-31(42)54)39(61)46-19-34(57)45-20-35(58)47-26(37(43)59)7-5-6-14-44-32(55)9-4-3-8-30-36-29(21-65-30)50-41(63)51-36/h10-13,22,24,26-30,36,53,64H,3-9,14-21H2,1-2H3,(H2,42,54)(H2,43,59)(H,44,55)(H,45,57)(H,46,61)(H,47,58)(H,48,60)(H,49,62)(H,52,56)(H2,50,51,63)/t24?,26-,27-,28-,29-,30-,36-/m0/s1. The van der Waals surface area contributed by atoms with Crippen molar-refractivity contribution in [1.82, 2.24) is 48.0 Å². The third-order valence-electron chi connectivity index (χ3n) is 10.6. The summed E-state index contributed by atoms with van der Waals surface area (Å²) in [6, 6.07) is 1.76. The second kappa shape index (κ2) is 27.2. The van der Waals surface area contributed by atoms with Gasteiger partial charge in [-0.1, -0.05) is 32.4 Å². The number of phenolic OH excluding ortho intramolecular Hbond substituents is 1. The number of phenols is 1. The molecule has 0 bridgehead atoms. The van der Waals surface area contributed by atoms with Gasteiger partial charge in [-0.25, -0.2) is 10.3 Å². The van der Waals surface area contributed by atoms with Crippen LogP contribution in [0, 0.1) is 11.8 Å². The molecule has 1 aromatic rings. The van der Waals surface area contributed by atoms with E-state index in [-0.39, 0.29) is 55.0 Å². The summed E-state index contributed by atoms with van der Waals surface area (Å²) in [6.07, 6.45) is 2.86. The van der Waals surface area contributed by atoms with E-state index >= 15 is 0 Å². The maximum Gasteiger partial charge on any atom is 0.315 e. The normalized spacial score (nSPS) is 18.0. The van der Waals surface area contributed by atoms with Crippen molar-refractivity contribution in [2.45, 2.75) is 120 Å². The van der Waals surface area contributed by atoms with Crippen molar-refractivity contribution in [3.05, 3.63) is 29.8 Å². The monoisotopic (exact) mass is 933 g/mol. The molecule has 23 nitrogen and oxygen atoms in total. The molecule has 360 valence electrons. The van der Waals surface area contributed by atoms with Gasteiger partial charge in [-0.05, 0) is 62.1 Å². The molecule has 2 aliphatic rings. The van der Waals surface area contributed by atoms with Crippen LogP contribution in [0.3, 0.4) is 0 Å². The molecule has 1 aromatic carbocycles. The van der Waals surface area contributed by atoms with Crippen LogP contribution >= 0.6 is 11.8 Å². The summed E-state index contributed by atoms with van der Waals surface area (Å²) in [6.45, 7) is 2.66. The molecule has 2 saturated heterocycles. The van der Waals surface area contributed by atoms with Crippen molar-refractivity contribution in [2.24, 2.45) is 23.3 Å². The number of benzene rings is 1. The number of unbranched alkanes of at least 4 members (excludes halogenated alkanes) is 2. The largest absolute Gasteiger partial charge is 0.508 e. The minimum absolute atomic E-state index is 0.0623. The molecule has 2 heterocycles. The maximum atomic E-state index is 13.6. The number of hydrogen-bond acceptors (Lipinski definition) is 13. The molecule has 65 heavy (non-hydrogen) atoms. The molecule has 0 aliphatic carbocycles. The van der Waals surface area contributed by atoms with E-state index in [2.05, 4.69) is 42.5 Å². The Bertz CT molecular complexity index is 1850. The molecule has 3 rings (SSSR count). The van der Waals surface area contributed by atoms with E-state index in [9.17, 15) is 53.1 Å². The third kappa shape index (κ3) is 19.6. The van der Waals surface area contributed by atoms with Gasteiger partial charge in [0, 0.05) is 42.7 Å². The van der Waals surface area contributed by atoms with Gasteiger partial charge in [-0.15, -0.1) is 0 Å². The van der Waals surface area contributed by atoms with Gasteiger partial charge in [0.2, 0.25) is 53.2 Å². The van der Waals surface area contributed by atoms with E-state index in [0.29, 0.717) is 43.0 Å². The minimum atomic E-state index is -1.62. The fourth-order valence-electron chi connectivity index (χ4n) is 7.30. The second-order valence-electron chi connectivity index (χ2n) is 16.5. The zero-order valence-electron chi connectivity index (χ0n) is 36.6. The molecule has 0 radical (unpaired) electrons. The topological polar surface area (TPSA) is 371 Å². The van der Waals surface area contributed by atoms with E-state index in [1.165, 1.54) is 29.7 Å². The fourth-order valence-corrected chi connectivity index (χ4v) is 8.84. The van der Waals surface area contributed by atoms with Crippen molar-refractivity contribution in [1.29, 1.82) is 0 Å². The Morgan fingerprint density at radius 3 is 2.11 bits per heavy atom. The van der Waals surface area contributed by atoms with Crippen molar-refractivity contribution < 1.29 is 58.3 Å². The summed E-state index contributed by atoms with van der Waals surface area (Å²) < 4.78 is 0. The number of nitrogens with one attached hydrogen (secondary N) is 9. The highest BCUT2D eigenvalue weighted by molar-refractivity contribution is 8.00. The number of hydroxylamine groups is 1. The number of aromatic hydroxyl groups is 1. The summed E-state index contributed by atoms with van der Waals surface area (Å²) in [5, 5.41) is 39.7. The van der Waals surface area contributed by atoms with Crippen LogP contribution in [0.4, 0.5) is 4.79 Å². The minimum Gasteiger partial charge on any atom is -0.508 e. The lowest BCUT2D eigenvalue weighted by Crippen LogP contribution is -2.56. The molecule has 0 aromatic heterocycles. The van der Waals surface area contributed by atoms with Crippen LogP contribution in [-0.2, 0) is 49.6 Å². The first-order valence-corrected chi connectivity index (χ1v) is 22.6. The first-order chi connectivity index (χ1) is 30.8. The average molecular weight is 934 g/mol. The van der Waals surface area contributed by atoms with Crippen LogP contribution in [0.25, 0.3) is 0 Å². The fraction of sp³-hybridized carbons (Fsp3) is 0.610. The smallest absolute Gasteiger partial charge is 0.315 e. The molecule has 2 fully saturated rings. The number of primary amides is 2. The third-order valence-corrected chi connectivity index (χ3v) is 12.1. The average Bonchev–Trinajstić information content (AvgIpc) is 3.81. The quantitative estimate of drug-likeness (QED) is 0.0172. The van der Waals surface area contributed by atoms with E-state index in [1.54, 1.807) is 13.8 Å². The zero-order valence-corrected chi connectivity index (χ0v) is 37.4. The maximum absolute atomic E-state index is 13.6. The van der Waals surface area contributed by atoms with Gasteiger partial charge in [-0.2, -0.15) is 11.8 Å². The van der Waals surface area contributed by atoms with Crippen molar-refractivity contribution in [2.75, 3.05) is 25.4 Å². The lowest BCUT2D eigenvalue weighted by molar-refractivity contribution is -0.137. The lowest BCUT2D eigenvalue weighted by atomic mass is 9.92. The number of urea groups is 1. The summed E-state index contributed by atoms with van der Waals surface area (Å²) in [5.74, 6) is -7.21. The van der Waals surface area contributed by atoms with Crippen LogP contribution in [-0.4, -0.2) is 130 Å². The summed E-state index contributed by atoms with van der Waals surface area (Å²) in [4.78, 5) is 125. The van der Waals surface area contributed by atoms with Gasteiger partial charge in [-0.3, -0.25) is 48.4 Å². The zero-order chi connectivity index (χ0) is 48.1. The van der Waals surface area contributed by atoms with Gasteiger partial charge < -0.3 is 59.1 Å². The summed E-state index contributed by atoms with van der Waals surface area (Å²) in [5.41, 5.74) is 12.8. The number of amides is 11. The Hall–Kier alpha value is -6.17. The second-order valence-corrected chi connectivity index (χ2v) is 17.7. The molecule has 7 atom stereocenters. The van der Waals surface area contributed by atoms with Crippen molar-refractivity contribution >= 4 is 71.0 Å². The number of carbonyl (C=O) groups excluding carboxylic acids is 10. The van der Waals surface area contributed by atoms with Crippen LogP contribution in [0.5, 0.6) is 5.75 Å². The molecule has 2 aliphatic heterocycles. The summed E-state index contributed by atoms with van der Waals surface area (Å²) in [7, 11) is 0. The molecule has 11 amide bonds. The van der Waals surface area contributed by atoms with E-state index in [4.69, 9.17) is 16.7 Å². The number of thioether (sulfide) groups is 1. The highest BCUT2D eigenvalue weighted by Crippen LogP contribution is 2.33. The first kappa shape index (κ1) is 53.2. The number of rotatable bonds is 29. The van der Waals surface area contributed by atoms with E-state index < -0.39 is 97.2 Å². The van der Waals surface area contributed by atoms with Crippen LogP contribution in [0.15, 0.2) is 24.3 Å². The highest BCUT2D eigenvalue weighted by Gasteiger charge is 2.42. The summed E-state index contributed by atoms with van der Waals surface area (Å²) >= 11 is 1.82. The Balaban J connectivity index is 1.43. The van der Waals surface area contributed by atoms with Gasteiger partial charge in [0.25, 0.3) is 0 Å². The lowest BCUT2D eigenvalue weighted by Gasteiger charge is -2.25. The first-order valence-electron chi connectivity index (χ1n) is 21.5. The highest BCUT2D eigenvalue weighted by atomic mass is 32.2. The van der Waals surface area contributed by atoms with Gasteiger partial charge >= 0.3 is 6.03 Å². The molecule has 0 saturated carbocycles. The van der Waals surface area contributed by atoms with Gasteiger partial charge in [0.15, 0.2) is 0 Å². The van der Waals surface area contributed by atoms with Gasteiger partial charge in [0.05, 0.1) is 31.6 Å². The molecule has 0 spiro atoms. The van der Waals surface area contributed by atoms with Crippen LogP contribution in [0.1, 0.15) is 83.6 Å². The number of hydrogen-bond donors (Lipinski definition) is 13. The number of nitrogens with two attached hydrogens (primary N) is 2. The van der Waals surface area contributed by atoms with Gasteiger partial charge in [0.1, 0.15) is 23.9 Å². The molecule has 15 N–H and O–H groups in total.